The van der Waals surface area contributed by atoms with Crippen LogP contribution in [0.5, 0.6) is 0 Å². The van der Waals surface area contributed by atoms with Crippen molar-refractivity contribution in [1.82, 2.24) is 0 Å². The molecule has 0 unspecified atom stereocenters. The summed E-state index contributed by atoms with van der Waals surface area (Å²) in [6.07, 6.45) is 0.546. The van der Waals surface area contributed by atoms with Gasteiger partial charge in [0.2, 0.25) is 0 Å². The largest absolute Gasteiger partial charge is 0.298 e. The van der Waals surface area contributed by atoms with E-state index in [4.69, 9.17) is 11.6 Å². The van der Waals surface area contributed by atoms with Crippen LogP contribution in [0.15, 0.2) is 36.4 Å². The second kappa shape index (κ2) is 5.16. The molecule has 0 amide bonds. The Kier molecular flexibility index (Phi) is 3.57. The summed E-state index contributed by atoms with van der Waals surface area (Å²) in [6, 6.07) is 8.12. The lowest BCUT2D eigenvalue weighted by Gasteiger charge is -2.08. The molecule has 0 saturated carbocycles. The molecule has 96 valence electrons. The summed E-state index contributed by atoms with van der Waals surface area (Å²) in [6.45, 7) is 0. The van der Waals surface area contributed by atoms with Crippen molar-refractivity contribution in [3.05, 3.63) is 62.9 Å². The summed E-state index contributed by atoms with van der Waals surface area (Å²) in [5, 5.41) is 10.5. The van der Waals surface area contributed by atoms with Crippen molar-refractivity contribution in [2.45, 2.75) is 0 Å². The zero-order valence-electron chi connectivity index (χ0n) is 9.47. The smallest absolute Gasteiger partial charge is 0.288 e. The first-order valence-electron chi connectivity index (χ1n) is 5.23. The molecule has 0 aliphatic heterocycles. The number of hydrogen-bond donors (Lipinski definition) is 0. The molecular weight excluding hydrogens is 273 g/mol. The predicted octanol–water partition coefficient (Wildman–Crippen LogP) is 3.87. The van der Waals surface area contributed by atoms with Crippen molar-refractivity contribution in [3.8, 4) is 11.1 Å². The van der Waals surface area contributed by atoms with Crippen LogP contribution in [0, 0.1) is 15.9 Å². The molecule has 0 atom stereocenters. The monoisotopic (exact) mass is 279 g/mol. The molecule has 2 aromatic rings. The number of carbonyl (C=O) groups excluding carboxylic acids is 1. The van der Waals surface area contributed by atoms with E-state index in [1.54, 1.807) is 12.1 Å². The Labute approximate surface area is 112 Å². The van der Waals surface area contributed by atoms with Crippen molar-refractivity contribution in [1.29, 1.82) is 0 Å². The van der Waals surface area contributed by atoms with E-state index >= 15 is 0 Å². The Bertz CT molecular complexity index is 673. The first kappa shape index (κ1) is 13.2. The molecule has 4 nitrogen and oxygen atoms in total. The highest BCUT2D eigenvalue weighted by atomic mass is 35.5. The van der Waals surface area contributed by atoms with Crippen molar-refractivity contribution in [2.75, 3.05) is 0 Å². The van der Waals surface area contributed by atoms with Gasteiger partial charge in [0, 0.05) is 17.2 Å². The van der Waals surface area contributed by atoms with Gasteiger partial charge in [0.15, 0.2) is 6.29 Å². The molecule has 0 N–H and O–H groups in total. The fourth-order valence-electron chi connectivity index (χ4n) is 1.76. The Morgan fingerprint density at radius 2 is 1.89 bits per heavy atom. The van der Waals surface area contributed by atoms with Gasteiger partial charge in [-0.3, -0.25) is 14.9 Å². The Hall–Kier alpha value is -2.27. The average Bonchev–Trinajstić information content (AvgIpc) is 2.39. The summed E-state index contributed by atoms with van der Waals surface area (Å²) in [5.74, 6) is -0.718. The highest BCUT2D eigenvalue weighted by Gasteiger charge is 2.22. The van der Waals surface area contributed by atoms with Gasteiger partial charge in [-0.2, -0.15) is 0 Å². The third kappa shape index (κ3) is 2.32. The molecule has 0 bridgehead atoms. The van der Waals surface area contributed by atoms with E-state index in [0.717, 1.165) is 12.1 Å². The van der Waals surface area contributed by atoms with Gasteiger partial charge in [0.05, 0.1) is 4.92 Å². The quantitative estimate of drug-likeness (QED) is 0.487. The molecule has 19 heavy (non-hydrogen) atoms. The number of nitro groups is 1. The molecular formula is C13H7ClFNO3. The summed E-state index contributed by atoms with van der Waals surface area (Å²) >= 11 is 5.87. The molecule has 6 heteroatoms. The van der Waals surface area contributed by atoms with E-state index in [9.17, 15) is 19.3 Å². The molecule has 0 aliphatic rings. The van der Waals surface area contributed by atoms with E-state index in [2.05, 4.69) is 0 Å². The fraction of sp³-hybridized carbons (Fsp3) is 0. The van der Waals surface area contributed by atoms with Gasteiger partial charge in [0.25, 0.3) is 5.69 Å². The number of benzene rings is 2. The van der Waals surface area contributed by atoms with Gasteiger partial charge < -0.3 is 0 Å². The molecule has 2 rings (SSSR count). The molecule has 0 aromatic heterocycles. The zero-order chi connectivity index (χ0) is 14.0. The van der Waals surface area contributed by atoms with Crippen LogP contribution in [0.1, 0.15) is 10.4 Å². The third-order valence-electron chi connectivity index (χ3n) is 2.62. The second-order valence-corrected chi connectivity index (χ2v) is 4.10. The maximum Gasteiger partial charge on any atom is 0.288 e. The van der Waals surface area contributed by atoms with Gasteiger partial charge >= 0.3 is 0 Å². The van der Waals surface area contributed by atoms with Crippen LogP contribution in [-0.2, 0) is 0 Å². The molecule has 0 fully saturated rings. The highest BCUT2D eigenvalue weighted by Crippen LogP contribution is 2.38. The number of halogens is 2. The normalized spacial score (nSPS) is 10.2. The van der Waals surface area contributed by atoms with Crippen LogP contribution < -0.4 is 0 Å². The van der Waals surface area contributed by atoms with Crippen LogP contribution in [0.3, 0.4) is 0 Å². The summed E-state index contributed by atoms with van der Waals surface area (Å²) < 4.78 is 13.9. The first-order chi connectivity index (χ1) is 9.06. The van der Waals surface area contributed by atoms with Gasteiger partial charge in [0.1, 0.15) is 10.8 Å². The van der Waals surface area contributed by atoms with Crippen LogP contribution >= 0.6 is 11.6 Å². The Morgan fingerprint density at radius 3 is 2.53 bits per heavy atom. The average molecular weight is 280 g/mol. The lowest BCUT2D eigenvalue weighted by atomic mass is 9.99. The maximum absolute atomic E-state index is 13.9. The number of rotatable bonds is 3. The molecule has 0 aliphatic carbocycles. The van der Waals surface area contributed by atoms with E-state index in [1.165, 1.54) is 12.1 Å². The standard InChI is InChI=1S/C13H7ClFNO3/c14-13-11(16(18)19)6-5-10(15)12(13)9-4-2-1-3-8(9)7-17/h1-7H. The number of aldehydes is 1. The summed E-state index contributed by atoms with van der Waals surface area (Å²) in [4.78, 5) is 21.0. The van der Waals surface area contributed by atoms with E-state index < -0.39 is 16.4 Å². The van der Waals surface area contributed by atoms with Gasteiger partial charge in [-0.05, 0) is 11.6 Å². The minimum atomic E-state index is -0.718. The summed E-state index contributed by atoms with van der Waals surface area (Å²) in [7, 11) is 0. The van der Waals surface area contributed by atoms with Crippen molar-refractivity contribution in [2.24, 2.45) is 0 Å². The lowest BCUT2D eigenvalue weighted by Crippen LogP contribution is -1.96. The van der Waals surface area contributed by atoms with Gasteiger partial charge in [-0.25, -0.2) is 4.39 Å². The minimum absolute atomic E-state index is 0.140. The summed E-state index contributed by atoms with van der Waals surface area (Å²) in [5.41, 5.74) is -0.107. The van der Waals surface area contributed by atoms with Crippen molar-refractivity contribution < 1.29 is 14.1 Å². The lowest BCUT2D eigenvalue weighted by molar-refractivity contribution is -0.384. The maximum atomic E-state index is 13.9. The van der Waals surface area contributed by atoms with Crippen molar-refractivity contribution >= 4 is 23.6 Å². The van der Waals surface area contributed by atoms with Crippen molar-refractivity contribution in [3.63, 3.8) is 0 Å². The SMILES string of the molecule is O=Cc1ccccc1-c1c(F)ccc([N+](=O)[O-])c1Cl. The molecule has 0 saturated heterocycles. The Balaban J connectivity index is 2.78. The zero-order valence-corrected chi connectivity index (χ0v) is 10.2. The second-order valence-electron chi connectivity index (χ2n) is 3.72. The van der Waals surface area contributed by atoms with Gasteiger partial charge in [-0.1, -0.05) is 35.9 Å². The van der Waals surface area contributed by atoms with E-state index in [-0.39, 0.29) is 21.7 Å². The fourth-order valence-corrected chi connectivity index (χ4v) is 2.08. The Morgan fingerprint density at radius 1 is 1.21 bits per heavy atom. The van der Waals surface area contributed by atoms with E-state index in [1.807, 2.05) is 0 Å². The number of carbonyl (C=O) groups is 1. The molecule has 0 spiro atoms. The van der Waals surface area contributed by atoms with Crippen LogP contribution in [0.25, 0.3) is 11.1 Å². The van der Waals surface area contributed by atoms with Gasteiger partial charge in [-0.15, -0.1) is 0 Å². The molecule has 2 aromatic carbocycles. The van der Waals surface area contributed by atoms with Crippen LogP contribution in [-0.4, -0.2) is 11.2 Å². The van der Waals surface area contributed by atoms with E-state index in [0.29, 0.717) is 6.29 Å². The minimum Gasteiger partial charge on any atom is -0.298 e. The number of nitrogens with zero attached hydrogens (tertiary/aromatic N) is 1. The number of nitro benzene ring substituents is 1. The molecule has 0 radical (unpaired) electrons. The number of hydrogen-bond acceptors (Lipinski definition) is 3. The van der Waals surface area contributed by atoms with Crippen LogP contribution in [0.2, 0.25) is 5.02 Å². The topological polar surface area (TPSA) is 60.2 Å². The highest BCUT2D eigenvalue weighted by molar-refractivity contribution is 6.35. The predicted molar refractivity (Wildman–Crippen MR) is 68.9 cm³/mol. The first-order valence-corrected chi connectivity index (χ1v) is 5.61. The van der Waals surface area contributed by atoms with Crippen LogP contribution in [0.4, 0.5) is 10.1 Å². The molecule has 0 heterocycles. The third-order valence-corrected chi connectivity index (χ3v) is 3.01.